The van der Waals surface area contributed by atoms with Gasteiger partial charge in [0.05, 0.1) is 35.1 Å². The predicted octanol–water partition coefficient (Wildman–Crippen LogP) is 4.38. The molecule has 212 valence electrons. The van der Waals surface area contributed by atoms with E-state index in [2.05, 4.69) is 0 Å². The lowest BCUT2D eigenvalue weighted by molar-refractivity contribution is -0.138. The first-order valence-corrected chi connectivity index (χ1v) is 14.1. The molecule has 0 radical (unpaired) electrons. The van der Waals surface area contributed by atoms with E-state index >= 15 is 0 Å². The van der Waals surface area contributed by atoms with Gasteiger partial charge in [0.15, 0.2) is 22.9 Å². The topological polar surface area (TPSA) is 103 Å². The maximum absolute atomic E-state index is 14.0. The lowest BCUT2D eigenvalue weighted by Gasteiger charge is -2.25. The monoisotopic (exact) mass is 583 g/mol. The van der Waals surface area contributed by atoms with Crippen molar-refractivity contribution in [2.24, 2.45) is 4.99 Å². The Kier molecular flexibility index (Phi) is 8.60. The zero-order valence-electron chi connectivity index (χ0n) is 22.9. The van der Waals surface area contributed by atoms with Crippen LogP contribution in [0.3, 0.4) is 0 Å². The average Bonchev–Trinajstić information content (AvgIpc) is 3.31. The molecule has 0 amide bonds. The molecule has 0 saturated heterocycles. The summed E-state index contributed by atoms with van der Waals surface area (Å²) < 4.78 is 32.4. The molecular formula is C32H26FN3O5S. The number of nitrogens with zero attached hydrogens (tertiary/aromatic N) is 3. The predicted molar refractivity (Wildman–Crippen MR) is 156 cm³/mol. The molecule has 0 spiro atoms. The Balaban J connectivity index is 1.74. The van der Waals surface area contributed by atoms with Crippen LogP contribution in [0, 0.1) is 17.1 Å². The summed E-state index contributed by atoms with van der Waals surface area (Å²) in [7, 11) is 0. The maximum Gasteiger partial charge on any atom is 0.338 e. The van der Waals surface area contributed by atoms with E-state index in [9.17, 15) is 14.0 Å². The van der Waals surface area contributed by atoms with Crippen molar-refractivity contribution in [2.45, 2.75) is 19.9 Å². The molecule has 42 heavy (non-hydrogen) atoms. The lowest BCUT2D eigenvalue weighted by Crippen LogP contribution is -2.40. The van der Waals surface area contributed by atoms with Crippen LogP contribution in [0.5, 0.6) is 11.5 Å². The van der Waals surface area contributed by atoms with Gasteiger partial charge in [0, 0.05) is 5.56 Å². The van der Waals surface area contributed by atoms with Gasteiger partial charge in [0.25, 0.3) is 5.56 Å². The second-order valence-electron chi connectivity index (χ2n) is 9.07. The second kappa shape index (κ2) is 12.7. The van der Waals surface area contributed by atoms with Crippen LogP contribution in [0.2, 0.25) is 0 Å². The number of rotatable bonds is 9. The van der Waals surface area contributed by atoms with Gasteiger partial charge in [0.1, 0.15) is 11.9 Å². The number of hydrogen-bond acceptors (Lipinski definition) is 8. The van der Waals surface area contributed by atoms with E-state index in [1.807, 2.05) is 43.3 Å². The first kappa shape index (κ1) is 28.5. The Morgan fingerprint density at radius 2 is 1.81 bits per heavy atom. The number of hydrogen-bond donors (Lipinski definition) is 0. The number of carbonyl (C=O) groups is 1. The van der Waals surface area contributed by atoms with Crippen molar-refractivity contribution < 1.29 is 23.4 Å². The van der Waals surface area contributed by atoms with Gasteiger partial charge in [-0.25, -0.2) is 14.2 Å². The van der Waals surface area contributed by atoms with Crippen molar-refractivity contribution in [3.8, 4) is 17.6 Å². The summed E-state index contributed by atoms with van der Waals surface area (Å²) in [6.07, 6.45) is 1.71. The number of thiazole rings is 1. The molecule has 1 aromatic heterocycles. The van der Waals surface area contributed by atoms with Crippen LogP contribution in [0.4, 0.5) is 4.39 Å². The maximum atomic E-state index is 14.0. The van der Waals surface area contributed by atoms with Gasteiger partial charge in [-0.3, -0.25) is 9.36 Å². The average molecular weight is 584 g/mol. The molecule has 5 rings (SSSR count). The second-order valence-corrected chi connectivity index (χ2v) is 10.1. The van der Waals surface area contributed by atoms with Gasteiger partial charge in [-0.1, -0.05) is 59.9 Å². The Labute approximate surface area is 244 Å². The van der Waals surface area contributed by atoms with Crippen molar-refractivity contribution >= 4 is 29.1 Å². The number of benzene rings is 3. The number of esters is 1. The standard InChI is InChI=1S/C32H26FN3O5S/c1-3-39-25-18-20(10-15-24(25)41-17-16-34)19-26-30(37)36-29(22-11-13-23(33)14-12-22)27(31(38)40-4-2)28(35-32(36)42-26)21-8-6-5-7-9-21/h5-15,18-19,29H,3-4,17H2,1-2H3/t29-/m0/s1. The Morgan fingerprint density at radius 3 is 2.50 bits per heavy atom. The highest BCUT2D eigenvalue weighted by Crippen LogP contribution is 2.35. The van der Waals surface area contributed by atoms with Crippen molar-refractivity contribution in [1.82, 2.24) is 4.57 Å². The first-order valence-electron chi connectivity index (χ1n) is 13.3. The van der Waals surface area contributed by atoms with Crippen LogP contribution in [-0.2, 0) is 9.53 Å². The van der Waals surface area contributed by atoms with E-state index in [1.54, 1.807) is 43.3 Å². The van der Waals surface area contributed by atoms with Gasteiger partial charge in [-0.05, 0) is 55.3 Å². The number of fused-ring (bicyclic) bond motifs is 1. The molecule has 0 fully saturated rings. The molecule has 0 aliphatic carbocycles. The fraction of sp³-hybridized carbons (Fsp3) is 0.188. The minimum atomic E-state index is -0.904. The van der Waals surface area contributed by atoms with Crippen LogP contribution in [0.25, 0.3) is 11.8 Å². The summed E-state index contributed by atoms with van der Waals surface area (Å²) in [5.74, 6) is -0.198. The zero-order chi connectivity index (χ0) is 29.6. The summed E-state index contributed by atoms with van der Waals surface area (Å²) in [5, 5.41) is 8.88. The minimum Gasteiger partial charge on any atom is -0.490 e. The highest BCUT2D eigenvalue weighted by atomic mass is 32.1. The summed E-state index contributed by atoms with van der Waals surface area (Å²) in [5.41, 5.74) is 2.08. The Bertz CT molecular complexity index is 1870. The number of carbonyl (C=O) groups excluding carboxylic acids is 1. The number of halogens is 1. The third kappa shape index (κ3) is 5.73. The molecule has 1 aliphatic rings. The molecule has 0 N–H and O–H groups in total. The van der Waals surface area contributed by atoms with E-state index in [0.717, 1.165) is 0 Å². The SMILES string of the molecule is CCOC(=O)C1=C(c2ccccc2)N=c2sc(=Cc3ccc(OCC#N)c(OCC)c3)c(=O)n2[C@H]1c1ccc(F)cc1. The fourth-order valence-electron chi connectivity index (χ4n) is 4.66. The van der Waals surface area contributed by atoms with Crippen LogP contribution in [0.15, 0.2) is 88.2 Å². The molecule has 0 bridgehead atoms. The fourth-order valence-corrected chi connectivity index (χ4v) is 5.67. The van der Waals surface area contributed by atoms with Gasteiger partial charge >= 0.3 is 5.97 Å². The van der Waals surface area contributed by atoms with Crippen LogP contribution >= 0.6 is 11.3 Å². The summed E-state index contributed by atoms with van der Waals surface area (Å²) in [6.45, 7) is 3.91. The number of nitriles is 1. The van der Waals surface area contributed by atoms with Crippen molar-refractivity contribution in [3.05, 3.63) is 121 Å². The van der Waals surface area contributed by atoms with Gasteiger partial charge in [-0.15, -0.1) is 0 Å². The van der Waals surface area contributed by atoms with Crippen LogP contribution in [-0.4, -0.2) is 30.4 Å². The molecule has 2 heterocycles. The summed E-state index contributed by atoms with van der Waals surface area (Å²) in [6, 6.07) is 21.1. The normalized spacial score (nSPS) is 14.5. The smallest absolute Gasteiger partial charge is 0.338 e. The Hall–Kier alpha value is -5.01. The van der Waals surface area contributed by atoms with Crippen molar-refractivity contribution in [2.75, 3.05) is 19.8 Å². The summed E-state index contributed by atoms with van der Waals surface area (Å²) in [4.78, 5) is 32.7. The molecule has 0 saturated carbocycles. The van der Waals surface area contributed by atoms with Crippen molar-refractivity contribution in [3.63, 3.8) is 0 Å². The highest BCUT2D eigenvalue weighted by Gasteiger charge is 2.35. The third-order valence-corrected chi connectivity index (χ3v) is 7.40. The van der Waals surface area contributed by atoms with E-state index in [-0.39, 0.29) is 24.3 Å². The minimum absolute atomic E-state index is 0.126. The van der Waals surface area contributed by atoms with Gasteiger partial charge < -0.3 is 14.2 Å². The van der Waals surface area contributed by atoms with Crippen molar-refractivity contribution in [1.29, 1.82) is 5.26 Å². The quantitative estimate of drug-likeness (QED) is 0.271. The first-order chi connectivity index (χ1) is 20.4. The largest absolute Gasteiger partial charge is 0.490 e. The number of aromatic nitrogens is 1. The van der Waals surface area contributed by atoms with Gasteiger partial charge in [0.2, 0.25) is 0 Å². The third-order valence-electron chi connectivity index (χ3n) is 6.42. The zero-order valence-corrected chi connectivity index (χ0v) is 23.7. The van der Waals surface area contributed by atoms with E-state index in [4.69, 9.17) is 24.5 Å². The highest BCUT2D eigenvalue weighted by molar-refractivity contribution is 7.07. The van der Waals surface area contributed by atoms with Crippen LogP contribution in [0.1, 0.15) is 36.6 Å². The van der Waals surface area contributed by atoms with Crippen LogP contribution < -0.4 is 24.4 Å². The lowest BCUT2D eigenvalue weighted by atomic mass is 9.93. The molecule has 8 nitrogen and oxygen atoms in total. The molecule has 10 heteroatoms. The summed E-state index contributed by atoms with van der Waals surface area (Å²) >= 11 is 1.17. The molecular weight excluding hydrogens is 557 g/mol. The van der Waals surface area contributed by atoms with E-state index < -0.39 is 17.8 Å². The molecule has 4 aromatic rings. The molecule has 3 aromatic carbocycles. The van der Waals surface area contributed by atoms with Gasteiger partial charge in [-0.2, -0.15) is 5.26 Å². The molecule has 0 unspecified atom stereocenters. The molecule has 1 atom stereocenters. The molecule has 1 aliphatic heterocycles. The number of ether oxygens (including phenoxy) is 3. The van der Waals surface area contributed by atoms with E-state index in [1.165, 1.54) is 28.0 Å². The van der Waals surface area contributed by atoms with E-state index in [0.29, 0.717) is 49.8 Å². The Morgan fingerprint density at radius 1 is 1.05 bits per heavy atom.